The van der Waals surface area contributed by atoms with E-state index in [4.69, 9.17) is 0 Å². The maximum atomic E-state index is 13.4. The summed E-state index contributed by atoms with van der Waals surface area (Å²) in [5, 5.41) is 10.9. The molecule has 0 N–H and O–H groups in total. The standard InChI is InChI=1S/C22H29N3O4S.C2H6/c1-18(2)12-15-24(30(28,29)22-10-8-20(9-11-22)25(26)27)21-13-14-23(17-21)16-19-6-4-3-5-7-19;1-2/h3-11,18,21H,12-17H2,1-2H3;1-2H3. The Bertz CT molecular complexity index is 947. The fraction of sp³-hybridized carbons (Fsp3) is 0.500. The smallest absolute Gasteiger partial charge is 0.269 e. The Balaban J connectivity index is 0.00000176. The molecule has 1 aliphatic rings. The zero-order valence-corrected chi connectivity index (χ0v) is 20.3. The van der Waals surface area contributed by atoms with E-state index in [1.165, 1.54) is 29.8 Å². The van der Waals surface area contributed by atoms with Crippen LogP contribution in [0.1, 0.15) is 46.1 Å². The number of likely N-dealkylation sites (tertiary alicyclic amines) is 1. The molecule has 0 saturated carbocycles. The predicted octanol–water partition coefficient (Wildman–Crippen LogP) is 4.93. The third-order valence-electron chi connectivity index (χ3n) is 5.48. The average molecular weight is 462 g/mol. The second kappa shape index (κ2) is 12.1. The third kappa shape index (κ3) is 6.85. The van der Waals surface area contributed by atoms with Gasteiger partial charge in [-0.05, 0) is 36.5 Å². The Labute approximate surface area is 192 Å². The zero-order valence-electron chi connectivity index (χ0n) is 19.5. The Morgan fingerprint density at radius 3 is 2.28 bits per heavy atom. The van der Waals surface area contributed by atoms with E-state index in [9.17, 15) is 18.5 Å². The van der Waals surface area contributed by atoms with E-state index in [1.54, 1.807) is 4.31 Å². The summed E-state index contributed by atoms with van der Waals surface area (Å²) >= 11 is 0. The lowest BCUT2D eigenvalue weighted by atomic mass is 10.1. The fourth-order valence-corrected chi connectivity index (χ4v) is 5.45. The normalized spacial score (nSPS) is 16.8. The molecular formula is C24H35N3O4S. The lowest BCUT2D eigenvalue weighted by Gasteiger charge is -2.29. The van der Waals surface area contributed by atoms with Gasteiger partial charge in [0, 0.05) is 44.4 Å². The molecule has 2 aromatic rings. The maximum Gasteiger partial charge on any atom is 0.269 e. The highest BCUT2D eigenvalue weighted by Gasteiger charge is 2.35. The molecule has 2 aromatic carbocycles. The van der Waals surface area contributed by atoms with E-state index in [0.29, 0.717) is 19.0 Å². The van der Waals surface area contributed by atoms with Gasteiger partial charge in [0.05, 0.1) is 9.82 Å². The Kier molecular flexibility index (Phi) is 9.81. The van der Waals surface area contributed by atoms with Crippen molar-refractivity contribution in [3.05, 3.63) is 70.3 Å². The number of hydrogen-bond donors (Lipinski definition) is 0. The monoisotopic (exact) mass is 461 g/mol. The minimum Gasteiger partial charge on any atom is -0.297 e. The average Bonchev–Trinajstić information content (AvgIpc) is 3.23. The van der Waals surface area contributed by atoms with Gasteiger partial charge in [0.2, 0.25) is 10.0 Å². The van der Waals surface area contributed by atoms with Crippen molar-refractivity contribution >= 4 is 15.7 Å². The lowest BCUT2D eigenvalue weighted by Crippen LogP contribution is -2.42. The van der Waals surface area contributed by atoms with Gasteiger partial charge >= 0.3 is 0 Å². The Morgan fingerprint density at radius 2 is 1.72 bits per heavy atom. The number of hydrogen-bond acceptors (Lipinski definition) is 5. The van der Waals surface area contributed by atoms with Crippen LogP contribution < -0.4 is 0 Å². The van der Waals surface area contributed by atoms with E-state index in [-0.39, 0.29) is 16.6 Å². The highest BCUT2D eigenvalue weighted by Crippen LogP contribution is 2.27. The molecule has 0 spiro atoms. The van der Waals surface area contributed by atoms with Crippen molar-refractivity contribution in [2.45, 2.75) is 58.0 Å². The summed E-state index contributed by atoms with van der Waals surface area (Å²) in [6.45, 7) is 10.9. The molecule has 0 bridgehead atoms. The van der Waals surface area contributed by atoms with Crippen molar-refractivity contribution in [2.75, 3.05) is 19.6 Å². The quantitative estimate of drug-likeness (QED) is 0.390. The minimum atomic E-state index is -3.73. The van der Waals surface area contributed by atoms with Crippen LogP contribution in [0.25, 0.3) is 0 Å². The van der Waals surface area contributed by atoms with Crippen LogP contribution in [-0.4, -0.2) is 48.2 Å². The highest BCUT2D eigenvalue weighted by molar-refractivity contribution is 7.89. The third-order valence-corrected chi connectivity index (χ3v) is 7.45. The van der Waals surface area contributed by atoms with Gasteiger partial charge in [-0.15, -0.1) is 0 Å². The van der Waals surface area contributed by atoms with Gasteiger partial charge in [-0.2, -0.15) is 4.31 Å². The highest BCUT2D eigenvalue weighted by atomic mass is 32.2. The van der Waals surface area contributed by atoms with Crippen molar-refractivity contribution < 1.29 is 13.3 Å². The van der Waals surface area contributed by atoms with Crippen molar-refractivity contribution in [1.29, 1.82) is 0 Å². The molecule has 7 nitrogen and oxygen atoms in total. The molecule has 8 heteroatoms. The molecule has 0 amide bonds. The van der Waals surface area contributed by atoms with Crippen molar-refractivity contribution in [1.82, 2.24) is 9.21 Å². The Morgan fingerprint density at radius 1 is 1.09 bits per heavy atom. The topological polar surface area (TPSA) is 83.8 Å². The second-order valence-electron chi connectivity index (χ2n) is 8.21. The molecule has 1 fully saturated rings. The summed E-state index contributed by atoms with van der Waals surface area (Å²) in [4.78, 5) is 12.8. The molecule has 176 valence electrons. The molecule has 1 unspecified atom stereocenters. The first-order valence-corrected chi connectivity index (χ1v) is 12.7. The van der Waals surface area contributed by atoms with E-state index >= 15 is 0 Å². The molecule has 3 rings (SSSR count). The van der Waals surface area contributed by atoms with Gasteiger partial charge in [-0.3, -0.25) is 15.0 Å². The number of non-ortho nitro benzene ring substituents is 1. The molecule has 0 radical (unpaired) electrons. The number of sulfonamides is 1. The van der Waals surface area contributed by atoms with Crippen molar-refractivity contribution in [2.24, 2.45) is 5.92 Å². The first kappa shape index (κ1) is 26.0. The van der Waals surface area contributed by atoms with E-state index < -0.39 is 14.9 Å². The second-order valence-corrected chi connectivity index (χ2v) is 10.1. The van der Waals surface area contributed by atoms with Crippen LogP contribution in [0.2, 0.25) is 0 Å². The molecular weight excluding hydrogens is 426 g/mol. The van der Waals surface area contributed by atoms with Crippen LogP contribution in [0.3, 0.4) is 0 Å². The zero-order chi connectivity index (χ0) is 23.7. The van der Waals surface area contributed by atoms with Crippen LogP contribution >= 0.6 is 0 Å². The predicted molar refractivity (Wildman–Crippen MR) is 128 cm³/mol. The van der Waals surface area contributed by atoms with Gasteiger partial charge in [0.15, 0.2) is 0 Å². The molecule has 0 aromatic heterocycles. The fourth-order valence-electron chi connectivity index (χ4n) is 3.79. The maximum absolute atomic E-state index is 13.4. The molecule has 1 heterocycles. The number of benzene rings is 2. The minimum absolute atomic E-state index is 0.104. The first-order valence-electron chi connectivity index (χ1n) is 11.3. The molecule has 0 aliphatic carbocycles. The van der Waals surface area contributed by atoms with Gasteiger partial charge in [-0.25, -0.2) is 8.42 Å². The summed E-state index contributed by atoms with van der Waals surface area (Å²) in [6.07, 6.45) is 1.54. The lowest BCUT2D eigenvalue weighted by molar-refractivity contribution is -0.384. The van der Waals surface area contributed by atoms with E-state index in [0.717, 1.165) is 25.9 Å². The van der Waals surface area contributed by atoms with Gasteiger partial charge in [0.1, 0.15) is 0 Å². The van der Waals surface area contributed by atoms with Crippen LogP contribution in [0.5, 0.6) is 0 Å². The van der Waals surface area contributed by atoms with Crippen molar-refractivity contribution in [3.63, 3.8) is 0 Å². The van der Waals surface area contributed by atoms with E-state index in [2.05, 4.69) is 30.9 Å². The van der Waals surface area contributed by atoms with Crippen LogP contribution in [0.15, 0.2) is 59.5 Å². The summed E-state index contributed by atoms with van der Waals surface area (Å²) < 4.78 is 28.4. The molecule has 1 aliphatic heterocycles. The van der Waals surface area contributed by atoms with Crippen LogP contribution in [0, 0.1) is 16.0 Å². The Hall–Kier alpha value is -2.29. The van der Waals surface area contributed by atoms with Crippen LogP contribution in [-0.2, 0) is 16.6 Å². The first-order chi connectivity index (χ1) is 15.3. The largest absolute Gasteiger partial charge is 0.297 e. The summed E-state index contributed by atoms with van der Waals surface area (Å²) in [5.74, 6) is 0.376. The summed E-state index contributed by atoms with van der Waals surface area (Å²) in [6, 6.07) is 15.3. The number of nitro benzene ring substituents is 1. The SMILES string of the molecule is CC.CC(C)CCN(C1CCN(Cc2ccccc2)C1)S(=O)(=O)c1ccc([N+](=O)[O-])cc1. The molecule has 32 heavy (non-hydrogen) atoms. The number of nitrogens with zero attached hydrogens (tertiary/aromatic N) is 3. The number of rotatable bonds is 9. The summed E-state index contributed by atoms with van der Waals surface area (Å²) in [5.41, 5.74) is 1.10. The van der Waals surface area contributed by atoms with E-state index in [1.807, 2.05) is 32.0 Å². The summed E-state index contributed by atoms with van der Waals surface area (Å²) in [7, 11) is -3.73. The molecule has 1 atom stereocenters. The van der Waals surface area contributed by atoms with Crippen molar-refractivity contribution in [3.8, 4) is 0 Å². The van der Waals surface area contributed by atoms with Gasteiger partial charge < -0.3 is 0 Å². The van der Waals surface area contributed by atoms with Crippen LogP contribution in [0.4, 0.5) is 5.69 Å². The molecule has 1 saturated heterocycles. The van der Waals surface area contributed by atoms with Gasteiger partial charge in [0.25, 0.3) is 5.69 Å². The van der Waals surface area contributed by atoms with Gasteiger partial charge in [-0.1, -0.05) is 58.0 Å². The number of nitro groups is 1.